The summed E-state index contributed by atoms with van der Waals surface area (Å²) in [7, 11) is 0. The van der Waals surface area contributed by atoms with Gasteiger partial charge < -0.3 is 9.73 Å². The maximum Gasteiger partial charge on any atom is 0.248 e. The summed E-state index contributed by atoms with van der Waals surface area (Å²) in [6, 6.07) is 1.97. The average molecular weight is 302 g/mol. The molecule has 0 aliphatic rings. The van der Waals surface area contributed by atoms with Gasteiger partial charge in [0.2, 0.25) is 11.8 Å². The van der Waals surface area contributed by atoms with Crippen molar-refractivity contribution in [1.82, 2.24) is 15.5 Å². The predicted octanol–water partition coefficient (Wildman–Crippen LogP) is 3.06. The monoisotopic (exact) mass is 301 g/mol. The molecule has 0 aliphatic heterocycles. The van der Waals surface area contributed by atoms with Gasteiger partial charge in [0.25, 0.3) is 0 Å². The first-order valence-corrected chi connectivity index (χ1v) is 6.74. The zero-order valence-electron chi connectivity index (χ0n) is 8.86. The van der Waals surface area contributed by atoms with Gasteiger partial charge in [-0.05, 0) is 35.0 Å². The van der Waals surface area contributed by atoms with Crippen LogP contribution in [-0.4, -0.2) is 16.7 Å². The van der Waals surface area contributed by atoms with Crippen LogP contribution < -0.4 is 5.32 Å². The predicted molar refractivity (Wildman–Crippen MR) is 67.3 cm³/mol. The van der Waals surface area contributed by atoms with Crippen LogP contribution in [0.25, 0.3) is 11.5 Å². The smallest absolute Gasteiger partial charge is 0.248 e. The molecule has 0 radical (unpaired) electrons. The maximum atomic E-state index is 5.53. The van der Waals surface area contributed by atoms with Crippen molar-refractivity contribution in [2.45, 2.75) is 19.9 Å². The maximum absolute atomic E-state index is 5.53. The SMILES string of the molecule is CCCNCc1nnc(-c2csc(Br)c2)o1. The molecule has 2 aromatic heterocycles. The lowest BCUT2D eigenvalue weighted by Crippen LogP contribution is -2.13. The van der Waals surface area contributed by atoms with Crippen LogP contribution in [0.2, 0.25) is 0 Å². The summed E-state index contributed by atoms with van der Waals surface area (Å²) in [6.45, 7) is 3.71. The Balaban J connectivity index is 2.02. The van der Waals surface area contributed by atoms with E-state index in [-0.39, 0.29) is 0 Å². The highest BCUT2D eigenvalue weighted by Gasteiger charge is 2.09. The Morgan fingerprint density at radius 2 is 2.38 bits per heavy atom. The number of nitrogens with zero attached hydrogens (tertiary/aromatic N) is 2. The van der Waals surface area contributed by atoms with E-state index in [1.165, 1.54) is 0 Å². The molecular weight excluding hydrogens is 290 g/mol. The minimum absolute atomic E-state index is 0.579. The summed E-state index contributed by atoms with van der Waals surface area (Å²) in [5, 5.41) is 13.2. The molecule has 0 aromatic carbocycles. The van der Waals surface area contributed by atoms with E-state index in [9.17, 15) is 0 Å². The zero-order chi connectivity index (χ0) is 11.4. The van der Waals surface area contributed by atoms with Crippen molar-refractivity contribution >= 4 is 27.3 Å². The molecule has 0 aliphatic carbocycles. The molecule has 0 spiro atoms. The number of hydrogen-bond donors (Lipinski definition) is 1. The van der Waals surface area contributed by atoms with Gasteiger partial charge in [-0.15, -0.1) is 21.5 Å². The van der Waals surface area contributed by atoms with Gasteiger partial charge in [0.1, 0.15) is 0 Å². The Bertz CT molecular complexity index is 454. The largest absolute Gasteiger partial charge is 0.419 e. The molecule has 16 heavy (non-hydrogen) atoms. The van der Waals surface area contributed by atoms with E-state index >= 15 is 0 Å². The Kier molecular flexibility index (Phi) is 4.09. The fourth-order valence-corrected chi connectivity index (χ4v) is 2.37. The van der Waals surface area contributed by atoms with Crippen LogP contribution in [0, 0.1) is 0 Å². The van der Waals surface area contributed by atoms with Gasteiger partial charge in [-0.1, -0.05) is 6.92 Å². The average Bonchev–Trinajstić information content (AvgIpc) is 2.87. The van der Waals surface area contributed by atoms with Crippen molar-refractivity contribution in [3.8, 4) is 11.5 Å². The Labute approximate surface area is 106 Å². The summed E-state index contributed by atoms with van der Waals surface area (Å²) in [5.74, 6) is 1.21. The second-order valence-electron chi connectivity index (χ2n) is 3.32. The van der Waals surface area contributed by atoms with Crippen LogP contribution in [0.3, 0.4) is 0 Å². The molecule has 2 heterocycles. The third-order valence-corrected chi connectivity index (χ3v) is 3.49. The van der Waals surface area contributed by atoms with Crippen molar-refractivity contribution in [3.05, 3.63) is 21.1 Å². The molecule has 0 atom stereocenters. The minimum Gasteiger partial charge on any atom is -0.419 e. The Hall–Kier alpha value is -0.720. The van der Waals surface area contributed by atoms with Gasteiger partial charge >= 0.3 is 0 Å². The molecule has 1 N–H and O–H groups in total. The van der Waals surface area contributed by atoms with Crippen LogP contribution >= 0.6 is 27.3 Å². The van der Waals surface area contributed by atoms with Gasteiger partial charge in [-0.3, -0.25) is 0 Å². The summed E-state index contributed by atoms with van der Waals surface area (Å²) in [5.41, 5.74) is 0.964. The van der Waals surface area contributed by atoms with Gasteiger partial charge in [0.05, 0.1) is 15.9 Å². The standard InChI is InChI=1S/C10H12BrN3OS/c1-2-3-12-5-9-13-14-10(15-9)7-4-8(11)16-6-7/h4,6,12H,2-3,5H2,1H3. The van der Waals surface area contributed by atoms with Crippen LogP contribution in [0.1, 0.15) is 19.2 Å². The highest BCUT2D eigenvalue weighted by molar-refractivity contribution is 9.11. The summed E-state index contributed by atoms with van der Waals surface area (Å²) < 4.78 is 6.59. The first-order valence-electron chi connectivity index (χ1n) is 5.07. The number of hydrogen-bond acceptors (Lipinski definition) is 5. The van der Waals surface area contributed by atoms with E-state index in [4.69, 9.17) is 4.42 Å². The Morgan fingerprint density at radius 3 is 3.06 bits per heavy atom. The molecule has 2 rings (SSSR count). The van der Waals surface area contributed by atoms with E-state index in [1.54, 1.807) is 11.3 Å². The van der Waals surface area contributed by atoms with E-state index in [0.29, 0.717) is 18.3 Å². The number of nitrogens with one attached hydrogen (secondary N) is 1. The molecule has 2 aromatic rings. The summed E-state index contributed by atoms with van der Waals surface area (Å²) in [4.78, 5) is 0. The quantitative estimate of drug-likeness (QED) is 0.862. The fourth-order valence-electron chi connectivity index (χ4n) is 1.24. The first-order chi connectivity index (χ1) is 7.79. The van der Waals surface area contributed by atoms with E-state index in [2.05, 4.69) is 38.4 Å². The van der Waals surface area contributed by atoms with Crippen molar-refractivity contribution in [2.24, 2.45) is 0 Å². The van der Waals surface area contributed by atoms with Crippen LogP contribution in [0.15, 0.2) is 19.6 Å². The van der Waals surface area contributed by atoms with E-state index in [1.807, 2.05) is 11.4 Å². The third kappa shape index (κ3) is 2.90. The van der Waals surface area contributed by atoms with E-state index < -0.39 is 0 Å². The molecule has 86 valence electrons. The number of halogens is 1. The third-order valence-electron chi connectivity index (χ3n) is 1.98. The number of thiophene rings is 1. The zero-order valence-corrected chi connectivity index (χ0v) is 11.3. The highest BCUT2D eigenvalue weighted by atomic mass is 79.9. The van der Waals surface area contributed by atoms with Gasteiger partial charge in [-0.2, -0.15) is 0 Å². The van der Waals surface area contributed by atoms with Crippen molar-refractivity contribution < 1.29 is 4.42 Å². The molecule has 0 unspecified atom stereocenters. The molecule has 0 amide bonds. The van der Waals surface area contributed by atoms with Gasteiger partial charge in [0, 0.05) is 5.38 Å². The van der Waals surface area contributed by atoms with E-state index in [0.717, 1.165) is 22.3 Å². The fraction of sp³-hybridized carbons (Fsp3) is 0.400. The molecule has 4 nitrogen and oxygen atoms in total. The lowest BCUT2D eigenvalue weighted by Gasteiger charge is -1.96. The second-order valence-corrected chi connectivity index (χ2v) is 5.61. The van der Waals surface area contributed by atoms with Crippen molar-refractivity contribution in [3.63, 3.8) is 0 Å². The molecule has 0 saturated heterocycles. The molecule has 0 fully saturated rings. The van der Waals surface area contributed by atoms with Crippen LogP contribution in [-0.2, 0) is 6.54 Å². The summed E-state index contributed by atoms with van der Waals surface area (Å²) >= 11 is 5.01. The van der Waals surface area contributed by atoms with Crippen molar-refractivity contribution in [2.75, 3.05) is 6.54 Å². The summed E-state index contributed by atoms with van der Waals surface area (Å²) in [6.07, 6.45) is 1.10. The topological polar surface area (TPSA) is 51.0 Å². The lowest BCUT2D eigenvalue weighted by molar-refractivity contribution is 0.477. The van der Waals surface area contributed by atoms with Gasteiger partial charge in [0.15, 0.2) is 0 Å². The van der Waals surface area contributed by atoms with Crippen molar-refractivity contribution in [1.29, 1.82) is 0 Å². The number of aromatic nitrogens is 2. The first kappa shape index (κ1) is 11.8. The molecule has 6 heteroatoms. The van der Waals surface area contributed by atoms with Gasteiger partial charge in [-0.25, -0.2) is 0 Å². The lowest BCUT2D eigenvalue weighted by atomic mass is 10.3. The minimum atomic E-state index is 0.579. The molecule has 0 saturated carbocycles. The Morgan fingerprint density at radius 1 is 1.50 bits per heavy atom. The highest BCUT2D eigenvalue weighted by Crippen LogP contribution is 2.27. The van der Waals surface area contributed by atoms with Crippen LogP contribution in [0.4, 0.5) is 0 Å². The van der Waals surface area contributed by atoms with Crippen LogP contribution in [0.5, 0.6) is 0 Å². The number of rotatable bonds is 5. The second kappa shape index (κ2) is 5.56. The molecule has 0 bridgehead atoms. The normalized spacial score (nSPS) is 10.9. The molecular formula is C10H12BrN3OS.